The molecule has 84 valence electrons. The van der Waals surface area contributed by atoms with Gasteiger partial charge in [0.1, 0.15) is 0 Å². The van der Waals surface area contributed by atoms with Crippen LogP contribution in [0, 0.1) is 13.8 Å². The first-order valence-electron chi connectivity index (χ1n) is 4.59. The van der Waals surface area contributed by atoms with Gasteiger partial charge in [0.05, 0.1) is 5.69 Å². The van der Waals surface area contributed by atoms with Gasteiger partial charge in [-0.3, -0.25) is 4.79 Å². The molecule has 0 aliphatic carbocycles. The van der Waals surface area contributed by atoms with E-state index >= 15 is 0 Å². The average molecular weight is 222 g/mol. The van der Waals surface area contributed by atoms with Gasteiger partial charge < -0.3 is 5.11 Å². The molecule has 0 atom stereocenters. The molecule has 0 unspecified atom stereocenters. The third-order valence-electron chi connectivity index (χ3n) is 1.92. The summed E-state index contributed by atoms with van der Waals surface area (Å²) >= 11 is 0. The first-order valence-corrected chi connectivity index (χ1v) is 4.59. The monoisotopic (exact) mass is 222 g/mol. The molecule has 8 heteroatoms. The van der Waals surface area contributed by atoms with Crippen LogP contribution in [0.5, 0.6) is 0 Å². The van der Waals surface area contributed by atoms with E-state index in [1.165, 1.54) is 4.68 Å². The number of hydrogen-bond acceptors (Lipinski definition) is 5. The zero-order chi connectivity index (χ0) is 11.7. The molecule has 0 fully saturated rings. The van der Waals surface area contributed by atoms with Crippen LogP contribution in [0.1, 0.15) is 11.4 Å². The van der Waals surface area contributed by atoms with Crippen molar-refractivity contribution < 1.29 is 9.90 Å². The quantitative estimate of drug-likeness (QED) is 0.755. The number of carboxylic acids is 1. The van der Waals surface area contributed by atoms with Crippen molar-refractivity contribution in [2.45, 2.75) is 20.4 Å². The molecule has 16 heavy (non-hydrogen) atoms. The number of carboxylic acid groups (broad SMARTS) is 1. The summed E-state index contributed by atoms with van der Waals surface area (Å²) in [5.74, 6) is -0.746. The summed E-state index contributed by atoms with van der Waals surface area (Å²) in [5.41, 5.74) is 1.71. The van der Waals surface area contributed by atoms with Crippen LogP contribution in [0.2, 0.25) is 0 Å². The van der Waals surface area contributed by atoms with Gasteiger partial charge in [-0.25, -0.2) is 4.68 Å². The third kappa shape index (κ3) is 1.90. The number of aromatic nitrogens is 6. The average Bonchev–Trinajstić information content (AvgIpc) is 2.72. The Labute approximate surface area is 90.5 Å². The lowest BCUT2D eigenvalue weighted by Crippen LogP contribution is -2.12. The number of carbonyl (C=O) groups is 1. The number of rotatable bonds is 3. The molecule has 2 rings (SSSR count). The van der Waals surface area contributed by atoms with Gasteiger partial charge in [0.2, 0.25) is 0 Å². The van der Waals surface area contributed by atoms with Crippen molar-refractivity contribution >= 4 is 5.97 Å². The number of aliphatic carboxylic acids is 1. The van der Waals surface area contributed by atoms with E-state index in [1.807, 2.05) is 19.9 Å². The Morgan fingerprint density at radius 2 is 2.19 bits per heavy atom. The molecule has 0 saturated heterocycles. The first kappa shape index (κ1) is 10.3. The largest absolute Gasteiger partial charge is 0.480 e. The maximum absolute atomic E-state index is 10.4. The van der Waals surface area contributed by atoms with Gasteiger partial charge in [-0.2, -0.15) is 9.90 Å². The lowest BCUT2D eigenvalue weighted by Gasteiger charge is -1.95. The molecule has 8 nitrogen and oxygen atoms in total. The molecule has 0 saturated carbocycles. The summed E-state index contributed by atoms with van der Waals surface area (Å²) in [5, 5.41) is 24.0. The summed E-state index contributed by atoms with van der Waals surface area (Å²) < 4.78 is 1.51. The minimum atomic E-state index is -1.02. The van der Waals surface area contributed by atoms with Gasteiger partial charge >= 0.3 is 5.97 Å². The minimum Gasteiger partial charge on any atom is -0.480 e. The SMILES string of the molecule is Cc1cc(C)n(-c2nnn(CC(=O)O)n2)n1. The zero-order valence-corrected chi connectivity index (χ0v) is 8.82. The van der Waals surface area contributed by atoms with Crippen LogP contribution in [0.15, 0.2) is 6.07 Å². The Balaban J connectivity index is 2.31. The highest BCUT2D eigenvalue weighted by Crippen LogP contribution is 2.05. The summed E-state index contributed by atoms with van der Waals surface area (Å²) in [4.78, 5) is 11.4. The molecule has 0 aliphatic rings. The van der Waals surface area contributed by atoms with Gasteiger partial charge in [-0.05, 0) is 25.1 Å². The number of aryl methyl sites for hydroxylation is 2. The summed E-state index contributed by atoms with van der Waals surface area (Å²) in [7, 11) is 0. The molecule has 0 spiro atoms. The maximum atomic E-state index is 10.4. The Morgan fingerprint density at radius 1 is 1.44 bits per heavy atom. The van der Waals surface area contributed by atoms with Crippen LogP contribution in [-0.2, 0) is 11.3 Å². The van der Waals surface area contributed by atoms with E-state index in [2.05, 4.69) is 20.5 Å². The molecule has 2 aromatic heterocycles. The Morgan fingerprint density at radius 3 is 2.75 bits per heavy atom. The second-order valence-corrected chi connectivity index (χ2v) is 3.35. The van der Waals surface area contributed by atoms with E-state index in [4.69, 9.17) is 5.11 Å². The second kappa shape index (κ2) is 3.72. The maximum Gasteiger partial charge on any atom is 0.327 e. The van der Waals surface area contributed by atoms with Crippen molar-refractivity contribution in [1.82, 2.24) is 30.0 Å². The van der Waals surface area contributed by atoms with Crippen LogP contribution in [0.4, 0.5) is 0 Å². The highest BCUT2D eigenvalue weighted by molar-refractivity contribution is 5.66. The van der Waals surface area contributed by atoms with Gasteiger partial charge in [0, 0.05) is 5.69 Å². The van der Waals surface area contributed by atoms with E-state index in [0.29, 0.717) is 0 Å². The van der Waals surface area contributed by atoms with Gasteiger partial charge in [-0.1, -0.05) is 5.10 Å². The van der Waals surface area contributed by atoms with Crippen molar-refractivity contribution in [3.63, 3.8) is 0 Å². The highest BCUT2D eigenvalue weighted by Gasteiger charge is 2.10. The van der Waals surface area contributed by atoms with Crippen LogP contribution in [0.25, 0.3) is 5.95 Å². The van der Waals surface area contributed by atoms with Crippen molar-refractivity contribution in [3.05, 3.63) is 17.5 Å². The molecule has 0 radical (unpaired) electrons. The molecule has 0 bridgehead atoms. The van der Waals surface area contributed by atoms with E-state index in [-0.39, 0.29) is 12.5 Å². The fourth-order valence-electron chi connectivity index (χ4n) is 1.34. The summed E-state index contributed by atoms with van der Waals surface area (Å²) in [6.07, 6.45) is 0. The third-order valence-corrected chi connectivity index (χ3v) is 1.92. The summed E-state index contributed by atoms with van der Waals surface area (Å²) in [6, 6.07) is 1.87. The van der Waals surface area contributed by atoms with Crippen molar-refractivity contribution in [2.24, 2.45) is 0 Å². The highest BCUT2D eigenvalue weighted by atomic mass is 16.4. The fraction of sp³-hybridized carbons (Fsp3) is 0.375. The Hall–Kier alpha value is -2.25. The van der Waals surface area contributed by atoms with Gasteiger partial charge in [0.15, 0.2) is 6.54 Å². The molecule has 1 N–H and O–H groups in total. The molecule has 2 aromatic rings. The zero-order valence-electron chi connectivity index (χ0n) is 8.82. The lowest BCUT2D eigenvalue weighted by molar-refractivity contribution is -0.138. The lowest BCUT2D eigenvalue weighted by atomic mass is 10.4. The van der Waals surface area contributed by atoms with E-state index in [9.17, 15) is 4.79 Å². The fourth-order valence-corrected chi connectivity index (χ4v) is 1.34. The topological polar surface area (TPSA) is 98.7 Å². The standard InChI is InChI=1S/C8H10N6O2/c1-5-3-6(2)14(10-5)8-9-12-13(11-8)4-7(15)16/h3H,4H2,1-2H3,(H,15,16). The summed E-state index contributed by atoms with van der Waals surface area (Å²) in [6.45, 7) is 3.40. The number of tetrazole rings is 1. The predicted molar refractivity (Wildman–Crippen MR) is 52.0 cm³/mol. The number of nitrogens with zero attached hydrogens (tertiary/aromatic N) is 6. The van der Waals surface area contributed by atoms with Crippen LogP contribution in [0.3, 0.4) is 0 Å². The molecule has 0 amide bonds. The predicted octanol–water partition coefficient (Wildman–Crippen LogP) is -0.440. The van der Waals surface area contributed by atoms with Gasteiger partial charge in [-0.15, -0.1) is 5.10 Å². The van der Waals surface area contributed by atoms with Gasteiger partial charge in [0.25, 0.3) is 5.95 Å². The van der Waals surface area contributed by atoms with Crippen molar-refractivity contribution in [1.29, 1.82) is 0 Å². The minimum absolute atomic E-state index is 0.270. The van der Waals surface area contributed by atoms with Crippen LogP contribution >= 0.6 is 0 Å². The molecule has 0 aromatic carbocycles. The molecular formula is C8H10N6O2. The first-order chi connectivity index (χ1) is 7.56. The van der Waals surface area contributed by atoms with E-state index in [1.54, 1.807) is 0 Å². The van der Waals surface area contributed by atoms with Crippen LogP contribution < -0.4 is 0 Å². The van der Waals surface area contributed by atoms with E-state index in [0.717, 1.165) is 16.2 Å². The smallest absolute Gasteiger partial charge is 0.327 e. The van der Waals surface area contributed by atoms with Crippen molar-refractivity contribution in [3.8, 4) is 5.95 Å². The second-order valence-electron chi connectivity index (χ2n) is 3.35. The van der Waals surface area contributed by atoms with E-state index < -0.39 is 5.97 Å². The Bertz CT molecular complexity index is 528. The van der Waals surface area contributed by atoms with Crippen molar-refractivity contribution in [2.75, 3.05) is 0 Å². The Kier molecular flexibility index (Phi) is 2.39. The normalized spacial score (nSPS) is 10.6. The van der Waals surface area contributed by atoms with Crippen LogP contribution in [-0.4, -0.2) is 41.1 Å². The number of hydrogen-bond donors (Lipinski definition) is 1. The molecule has 2 heterocycles. The molecular weight excluding hydrogens is 212 g/mol. The molecule has 0 aliphatic heterocycles.